The molecule has 0 radical (unpaired) electrons. The third kappa shape index (κ3) is 6.30. The Labute approximate surface area is 91.5 Å². The number of carboxylic acids is 1. The van der Waals surface area contributed by atoms with Crippen LogP contribution >= 0.6 is 11.8 Å². The fourth-order valence-electron chi connectivity index (χ4n) is 1.09. The fraction of sp³-hybridized carbons (Fsp3) is 0.909. The van der Waals surface area contributed by atoms with E-state index < -0.39 is 11.4 Å². The molecule has 0 aliphatic carbocycles. The van der Waals surface area contributed by atoms with Crippen LogP contribution in [0, 0.1) is 5.41 Å². The van der Waals surface area contributed by atoms with Gasteiger partial charge in [0.2, 0.25) is 0 Å². The molecule has 0 saturated heterocycles. The van der Waals surface area contributed by atoms with Crippen LogP contribution in [0.15, 0.2) is 0 Å². The summed E-state index contributed by atoms with van der Waals surface area (Å²) in [5.74, 6) is 0.460. The number of aliphatic carboxylic acids is 1. The summed E-state index contributed by atoms with van der Waals surface area (Å²) in [5.41, 5.74) is -0.553. The Morgan fingerprint density at radius 2 is 1.93 bits per heavy atom. The summed E-state index contributed by atoms with van der Waals surface area (Å²) < 4.78 is 0. The van der Waals surface area contributed by atoms with Crippen molar-refractivity contribution in [2.75, 3.05) is 5.75 Å². The Bertz CT molecular complexity index is 176. The summed E-state index contributed by atoms with van der Waals surface area (Å²) in [6.45, 7) is 7.97. The maximum atomic E-state index is 10.8. The number of carbonyl (C=O) groups is 1. The number of rotatable bonds is 7. The zero-order chi connectivity index (χ0) is 11.2. The van der Waals surface area contributed by atoms with Crippen molar-refractivity contribution in [3.63, 3.8) is 0 Å². The monoisotopic (exact) mass is 218 g/mol. The molecule has 0 rings (SSSR count). The first-order chi connectivity index (χ1) is 6.36. The zero-order valence-electron chi connectivity index (χ0n) is 9.67. The van der Waals surface area contributed by atoms with E-state index in [1.807, 2.05) is 11.8 Å². The smallest absolute Gasteiger partial charge is 0.309 e. The number of hydrogen-bond acceptors (Lipinski definition) is 2. The summed E-state index contributed by atoms with van der Waals surface area (Å²) in [7, 11) is 0. The highest BCUT2D eigenvalue weighted by molar-refractivity contribution is 7.99. The van der Waals surface area contributed by atoms with E-state index in [0.29, 0.717) is 5.25 Å². The quantitative estimate of drug-likeness (QED) is 0.665. The molecular weight excluding hydrogens is 196 g/mol. The van der Waals surface area contributed by atoms with E-state index in [9.17, 15) is 4.79 Å². The molecule has 84 valence electrons. The van der Waals surface area contributed by atoms with Crippen LogP contribution in [-0.2, 0) is 4.79 Å². The molecule has 0 aliphatic heterocycles. The van der Waals surface area contributed by atoms with Crippen molar-refractivity contribution in [1.82, 2.24) is 0 Å². The van der Waals surface area contributed by atoms with Gasteiger partial charge in [0, 0.05) is 0 Å². The molecule has 0 saturated carbocycles. The zero-order valence-corrected chi connectivity index (χ0v) is 10.5. The minimum Gasteiger partial charge on any atom is -0.481 e. The number of carboxylic acid groups (broad SMARTS) is 1. The van der Waals surface area contributed by atoms with Gasteiger partial charge in [-0.25, -0.2) is 0 Å². The predicted molar refractivity (Wildman–Crippen MR) is 62.9 cm³/mol. The molecule has 0 aliphatic rings. The highest BCUT2D eigenvalue weighted by atomic mass is 32.2. The van der Waals surface area contributed by atoms with Gasteiger partial charge in [0.1, 0.15) is 0 Å². The highest BCUT2D eigenvalue weighted by Gasteiger charge is 2.25. The van der Waals surface area contributed by atoms with Gasteiger partial charge < -0.3 is 5.11 Å². The molecular formula is C11H22O2S. The Hall–Kier alpha value is -0.180. The van der Waals surface area contributed by atoms with Gasteiger partial charge in [-0.15, -0.1) is 0 Å². The van der Waals surface area contributed by atoms with Crippen molar-refractivity contribution in [3.8, 4) is 0 Å². The standard InChI is InChI=1S/C11H22O2S/c1-9(2)14-8-6-5-7-11(3,4)10(12)13/h9H,5-8H2,1-4H3,(H,12,13). The number of unbranched alkanes of at least 4 members (excludes halogenated alkanes) is 1. The van der Waals surface area contributed by atoms with Crippen LogP contribution in [0.25, 0.3) is 0 Å². The van der Waals surface area contributed by atoms with Gasteiger partial charge in [0.05, 0.1) is 5.41 Å². The molecule has 0 spiro atoms. The van der Waals surface area contributed by atoms with Gasteiger partial charge in [-0.05, 0) is 37.7 Å². The van der Waals surface area contributed by atoms with E-state index in [2.05, 4.69) is 13.8 Å². The topological polar surface area (TPSA) is 37.3 Å². The van der Waals surface area contributed by atoms with Crippen LogP contribution < -0.4 is 0 Å². The van der Waals surface area contributed by atoms with E-state index >= 15 is 0 Å². The molecule has 0 heterocycles. The van der Waals surface area contributed by atoms with Crippen LogP contribution in [0.2, 0.25) is 0 Å². The van der Waals surface area contributed by atoms with Crippen molar-refractivity contribution in [1.29, 1.82) is 0 Å². The van der Waals surface area contributed by atoms with Crippen molar-refractivity contribution in [3.05, 3.63) is 0 Å². The lowest BCUT2D eigenvalue weighted by atomic mass is 9.88. The second-order valence-corrected chi connectivity index (χ2v) is 6.25. The molecule has 0 fully saturated rings. The first-order valence-electron chi connectivity index (χ1n) is 5.21. The van der Waals surface area contributed by atoms with E-state index in [4.69, 9.17) is 5.11 Å². The van der Waals surface area contributed by atoms with Crippen LogP contribution in [0.3, 0.4) is 0 Å². The second-order valence-electron chi connectivity index (χ2n) is 4.57. The van der Waals surface area contributed by atoms with Crippen LogP contribution in [0.5, 0.6) is 0 Å². The van der Waals surface area contributed by atoms with Crippen molar-refractivity contribution >= 4 is 17.7 Å². The minimum atomic E-state index is -0.686. The first kappa shape index (κ1) is 13.8. The third-order valence-corrected chi connectivity index (χ3v) is 3.42. The molecule has 0 aromatic carbocycles. The Balaban J connectivity index is 3.49. The molecule has 1 N–H and O–H groups in total. The van der Waals surface area contributed by atoms with E-state index in [1.165, 1.54) is 0 Å². The van der Waals surface area contributed by atoms with E-state index in [-0.39, 0.29) is 0 Å². The summed E-state index contributed by atoms with van der Waals surface area (Å²) in [6, 6.07) is 0. The van der Waals surface area contributed by atoms with Crippen LogP contribution in [0.4, 0.5) is 0 Å². The third-order valence-electron chi connectivity index (χ3n) is 2.23. The summed E-state index contributed by atoms with van der Waals surface area (Å²) >= 11 is 1.94. The molecule has 0 unspecified atom stereocenters. The molecule has 0 aromatic heterocycles. The minimum absolute atomic E-state index is 0.553. The largest absolute Gasteiger partial charge is 0.481 e. The van der Waals surface area contributed by atoms with Crippen LogP contribution in [-0.4, -0.2) is 22.1 Å². The number of thioether (sulfide) groups is 1. The van der Waals surface area contributed by atoms with Gasteiger partial charge in [-0.1, -0.05) is 20.3 Å². The molecule has 2 nitrogen and oxygen atoms in total. The van der Waals surface area contributed by atoms with Gasteiger partial charge in [0.15, 0.2) is 0 Å². The average molecular weight is 218 g/mol. The highest BCUT2D eigenvalue weighted by Crippen LogP contribution is 2.24. The van der Waals surface area contributed by atoms with Gasteiger partial charge in [-0.2, -0.15) is 11.8 Å². The molecule has 0 atom stereocenters. The van der Waals surface area contributed by atoms with Gasteiger partial charge in [-0.3, -0.25) is 4.79 Å². The SMILES string of the molecule is CC(C)SCCCCC(C)(C)C(=O)O. The summed E-state index contributed by atoms with van der Waals surface area (Å²) in [5, 5.41) is 9.56. The van der Waals surface area contributed by atoms with Crippen molar-refractivity contribution in [2.24, 2.45) is 5.41 Å². The van der Waals surface area contributed by atoms with Crippen molar-refractivity contribution in [2.45, 2.75) is 52.2 Å². The van der Waals surface area contributed by atoms with Crippen LogP contribution in [0.1, 0.15) is 47.0 Å². The number of hydrogen-bond donors (Lipinski definition) is 1. The van der Waals surface area contributed by atoms with E-state index in [0.717, 1.165) is 25.0 Å². The Kier molecular flexibility index (Phi) is 6.25. The fourth-order valence-corrected chi connectivity index (χ4v) is 1.94. The molecule has 0 amide bonds. The molecule has 14 heavy (non-hydrogen) atoms. The Morgan fingerprint density at radius 3 is 2.36 bits per heavy atom. The normalized spacial score (nSPS) is 12.1. The van der Waals surface area contributed by atoms with Gasteiger partial charge in [0.25, 0.3) is 0 Å². The predicted octanol–water partition coefficient (Wildman–Crippen LogP) is 3.41. The lowest BCUT2D eigenvalue weighted by molar-refractivity contribution is -0.147. The first-order valence-corrected chi connectivity index (χ1v) is 6.26. The lowest BCUT2D eigenvalue weighted by Gasteiger charge is -2.18. The summed E-state index contributed by atoms with van der Waals surface area (Å²) in [6.07, 6.45) is 2.92. The van der Waals surface area contributed by atoms with Crippen molar-refractivity contribution < 1.29 is 9.90 Å². The second kappa shape index (κ2) is 6.33. The molecule has 3 heteroatoms. The average Bonchev–Trinajstić information content (AvgIpc) is 2.02. The van der Waals surface area contributed by atoms with Gasteiger partial charge >= 0.3 is 5.97 Å². The maximum absolute atomic E-state index is 10.8. The lowest BCUT2D eigenvalue weighted by Crippen LogP contribution is -2.23. The molecule has 0 aromatic rings. The van der Waals surface area contributed by atoms with E-state index in [1.54, 1.807) is 13.8 Å². The summed E-state index contributed by atoms with van der Waals surface area (Å²) in [4.78, 5) is 10.8. The Morgan fingerprint density at radius 1 is 1.36 bits per heavy atom. The maximum Gasteiger partial charge on any atom is 0.309 e. The molecule has 0 bridgehead atoms.